The van der Waals surface area contributed by atoms with Crippen LogP contribution in [0.1, 0.15) is 56.9 Å². The third-order valence-corrected chi connectivity index (χ3v) is 6.94. The van der Waals surface area contributed by atoms with Gasteiger partial charge in [0.05, 0.1) is 11.3 Å². The molecule has 0 radical (unpaired) electrons. The molecule has 31 heavy (non-hydrogen) atoms. The molecule has 9 nitrogen and oxygen atoms in total. The molecule has 2 aliphatic rings. The van der Waals surface area contributed by atoms with Gasteiger partial charge in [-0.2, -0.15) is 0 Å². The third kappa shape index (κ3) is 4.05. The molecule has 1 atom stereocenters. The van der Waals surface area contributed by atoms with E-state index in [0.29, 0.717) is 31.2 Å². The summed E-state index contributed by atoms with van der Waals surface area (Å²) in [6.45, 7) is 5.20. The lowest BCUT2D eigenvalue weighted by Gasteiger charge is -2.32. The standard InChI is InChI=1S/C21H24N6O3S/c1-13-18(25-30-24-13)21(29)27-7-2-4-14(10-27)19-22-17-6-8-26(11-15-5-3-9-31-15)12-16(17)20(28)23-19/h3,5,9,14H,2,4,6-8,10-12H2,1H3,(H,22,23,28). The average Bonchev–Trinajstić information content (AvgIpc) is 3.45. The van der Waals surface area contributed by atoms with E-state index < -0.39 is 0 Å². The zero-order valence-electron chi connectivity index (χ0n) is 17.3. The van der Waals surface area contributed by atoms with Gasteiger partial charge in [0.25, 0.3) is 11.5 Å². The number of carbonyl (C=O) groups excluding carboxylic acids is 1. The summed E-state index contributed by atoms with van der Waals surface area (Å²) in [5.41, 5.74) is 2.33. The highest BCUT2D eigenvalue weighted by atomic mass is 32.1. The van der Waals surface area contributed by atoms with Crippen molar-refractivity contribution in [1.29, 1.82) is 0 Å². The number of nitrogens with zero attached hydrogens (tertiary/aromatic N) is 5. The summed E-state index contributed by atoms with van der Waals surface area (Å²) in [5.74, 6) is 0.496. The van der Waals surface area contributed by atoms with Crippen LogP contribution in [0.15, 0.2) is 26.9 Å². The van der Waals surface area contributed by atoms with Crippen molar-refractivity contribution in [1.82, 2.24) is 30.1 Å². The number of aryl methyl sites for hydroxylation is 1. The summed E-state index contributed by atoms with van der Waals surface area (Å²) in [7, 11) is 0. The molecule has 0 bridgehead atoms. The Morgan fingerprint density at radius 3 is 3.03 bits per heavy atom. The maximum Gasteiger partial charge on any atom is 0.278 e. The first-order chi connectivity index (χ1) is 15.1. The fraction of sp³-hybridized carbons (Fsp3) is 0.476. The molecule has 162 valence electrons. The predicted molar refractivity (Wildman–Crippen MR) is 114 cm³/mol. The molecule has 10 heteroatoms. The summed E-state index contributed by atoms with van der Waals surface area (Å²) in [4.78, 5) is 38.9. The highest BCUT2D eigenvalue weighted by Crippen LogP contribution is 2.27. The van der Waals surface area contributed by atoms with Gasteiger partial charge >= 0.3 is 0 Å². The number of piperidine rings is 1. The highest BCUT2D eigenvalue weighted by Gasteiger charge is 2.31. The molecule has 5 heterocycles. The van der Waals surface area contributed by atoms with Gasteiger partial charge in [-0.05, 0) is 36.4 Å². The van der Waals surface area contributed by atoms with E-state index in [4.69, 9.17) is 4.98 Å². The molecule has 3 aromatic rings. The Labute approximate surface area is 183 Å². The molecule has 1 saturated heterocycles. The second kappa shape index (κ2) is 8.35. The molecule has 0 aliphatic carbocycles. The molecule has 1 amide bonds. The number of H-pyrrole nitrogens is 1. The number of fused-ring (bicyclic) bond motifs is 1. The fourth-order valence-electron chi connectivity index (χ4n) is 4.41. The quantitative estimate of drug-likeness (QED) is 0.662. The summed E-state index contributed by atoms with van der Waals surface area (Å²) < 4.78 is 4.68. The number of rotatable bonds is 4. The normalized spacial score (nSPS) is 19.4. The van der Waals surface area contributed by atoms with Crippen LogP contribution in [0.4, 0.5) is 0 Å². The summed E-state index contributed by atoms with van der Waals surface area (Å²) in [6, 6.07) is 4.18. The van der Waals surface area contributed by atoms with Crippen molar-refractivity contribution in [2.24, 2.45) is 0 Å². The van der Waals surface area contributed by atoms with Crippen LogP contribution in [0, 0.1) is 6.92 Å². The molecular weight excluding hydrogens is 416 g/mol. The van der Waals surface area contributed by atoms with E-state index in [0.717, 1.165) is 43.6 Å². The first-order valence-corrected chi connectivity index (χ1v) is 11.4. The fourth-order valence-corrected chi connectivity index (χ4v) is 5.16. The topological polar surface area (TPSA) is 108 Å². The number of nitrogens with one attached hydrogen (secondary N) is 1. The first-order valence-electron chi connectivity index (χ1n) is 10.5. The van der Waals surface area contributed by atoms with Crippen molar-refractivity contribution in [3.63, 3.8) is 0 Å². The zero-order chi connectivity index (χ0) is 21.4. The van der Waals surface area contributed by atoms with E-state index in [9.17, 15) is 9.59 Å². The number of likely N-dealkylation sites (tertiary alicyclic amines) is 1. The van der Waals surface area contributed by atoms with Crippen LogP contribution in [0.5, 0.6) is 0 Å². The molecular formula is C21H24N6O3S. The minimum Gasteiger partial charge on any atom is -0.336 e. The summed E-state index contributed by atoms with van der Waals surface area (Å²) in [5, 5.41) is 9.52. The highest BCUT2D eigenvalue weighted by molar-refractivity contribution is 7.09. The molecule has 1 unspecified atom stereocenters. The van der Waals surface area contributed by atoms with Crippen molar-refractivity contribution in [2.75, 3.05) is 19.6 Å². The van der Waals surface area contributed by atoms with Crippen molar-refractivity contribution in [2.45, 2.75) is 45.2 Å². The average molecular weight is 441 g/mol. The van der Waals surface area contributed by atoms with Gasteiger partial charge in [-0.1, -0.05) is 11.2 Å². The number of carbonyl (C=O) groups is 1. The van der Waals surface area contributed by atoms with E-state index in [2.05, 4.69) is 42.3 Å². The van der Waals surface area contributed by atoms with Gasteiger partial charge in [0.15, 0.2) is 5.69 Å². The summed E-state index contributed by atoms with van der Waals surface area (Å²) in [6.07, 6.45) is 2.49. The van der Waals surface area contributed by atoms with Gasteiger partial charge in [-0.25, -0.2) is 9.61 Å². The Bertz CT molecular complexity index is 1140. The molecule has 0 spiro atoms. The maximum atomic E-state index is 12.9. The van der Waals surface area contributed by atoms with Crippen LogP contribution in [-0.4, -0.2) is 55.6 Å². The van der Waals surface area contributed by atoms with Gasteiger partial charge in [-0.3, -0.25) is 14.5 Å². The molecule has 1 N–H and O–H groups in total. The van der Waals surface area contributed by atoms with Crippen molar-refractivity contribution >= 4 is 17.2 Å². The molecule has 1 fully saturated rings. The minimum atomic E-state index is -0.187. The van der Waals surface area contributed by atoms with Gasteiger partial charge in [0.2, 0.25) is 0 Å². The SMILES string of the molecule is Cc1nonc1C(=O)N1CCCC(c2nc3c(c(=O)[nH]2)CN(Cc2cccs2)CC3)C1. The monoisotopic (exact) mass is 440 g/mol. The lowest BCUT2D eigenvalue weighted by Crippen LogP contribution is -2.41. The van der Waals surface area contributed by atoms with Gasteiger partial charge in [0.1, 0.15) is 11.5 Å². The van der Waals surface area contributed by atoms with E-state index in [1.165, 1.54) is 4.88 Å². The minimum absolute atomic E-state index is 0.0000136. The predicted octanol–water partition coefficient (Wildman–Crippen LogP) is 2.10. The Kier molecular flexibility index (Phi) is 5.41. The molecule has 2 aliphatic heterocycles. The number of hydrogen-bond acceptors (Lipinski definition) is 8. The molecule has 5 rings (SSSR count). The Morgan fingerprint density at radius 2 is 2.26 bits per heavy atom. The van der Waals surface area contributed by atoms with E-state index in [-0.39, 0.29) is 23.1 Å². The third-order valence-electron chi connectivity index (χ3n) is 6.08. The smallest absolute Gasteiger partial charge is 0.278 e. The van der Waals surface area contributed by atoms with E-state index in [1.54, 1.807) is 23.2 Å². The number of aromatic amines is 1. The Hall–Kier alpha value is -2.85. The van der Waals surface area contributed by atoms with Crippen molar-refractivity contribution < 1.29 is 9.42 Å². The van der Waals surface area contributed by atoms with Crippen LogP contribution in [-0.2, 0) is 19.5 Å². The van der Waals surface area contributed by atoms with Gasteiger partial charge in [-0.15, -0.1) is 11.3 Å². The largest absolute Gasteiger partial charge is 0.336 e. The lowest BCUT2D eigenvalue weighted by molar-refractivity contribution is 0.0692. The van der Waals surface area contributed by atoms with Crippen molar-refractivity contribution in [3.05, 3.63) is 61.2 Å². The molecule has 3 aromatic heterocycles. The van der Waals surface area contributed by atoms with E-state index >= 15 is 0 Å². The number of thiophene rings is 1. The summed E-state index contributed by atoms with van der Waals surface area (Å²) >= 11 is 1.74. The number of amides is 1. The van der Waals surface area contributed by atoms with Gasteiger partial charge < -0.3 is 9.88 Å². The molecule has 0 aromatic carbocycles. The molecule has 0 saturated carbocycles. The first kappa shape index (κ1) is 20.1. The van der Waals surface area contributed by atoms with E-state index in [1.807, 2.05) is 0 Å². The second-order valence-corrected chi connectivity index (χ2v) is 9.24. The lowest BCUT2D eigenvalue weighted by atomic mass is 9.96. The van der Waals surface area contributed by atoms with Crippen LogP contribution in [0.2, 0.25) is 0 Å². The van der Waals surface area contributed by atoms with Gasteiger partial charge in [0, 0.05) is 49.9 Å². The van der Waals surface area contributed by atoms with Crippen LogP contribution < -0.4 is 5.56 Å². The Morgan fingerprint density at radius 1 is 1.35 bits per heavy atom. The zero-order valence-corrected chi connectivity index (χ0v) is 18.2. The number of aromatic nitrogens is 4. The Balaban J connectivity index is 1.32. The van der Waals surface area contributed by atoms with Crippen molar-refractivity contribution in [3.8, 4) is 0 Å². The second-order valence-electron chi connectivity index (χ2n) is 8.20. The van der Waals surface area contributed by atoms with Crippen LogP contribution >= 0.6 is 11.3 Å². The van der Waals surface area contributed by atoms with Crippen LogP contribution in [0.25, 0.3) is 0 Å². The number of hydrogen-bond donors (Lipinski definition) is 1. The van der Waals surface area contributed by atoms with Crippen LogP contribution in [0.3, 0.4) is 0 Å². The maximum absolute atomic E-state index is 12.9.